The smallest absolute Gasteiger partial charge is 0.317 e. The summed E-state index contributed by atoms with van der Waals surface area (Å²) in [7, 11) is 0. The molecule has 19 heavy (non-hydrogen) atoms. The highest BCUT2D eigenvalue weighted by atomic mass is 16.2. The van der Waals surface area contributed by atoms with Crippen LogP contribution in [0.4, 0.5) is 4.79 Å². The molecule has 5 heteroatoms. The normalized spacial score (nSPS) is 21.3. The topological polar surface area (TPSA) is 52.7 Å². The molecule has 108 valence electrons. The molecule has 2 fully saturated rings. The maximum atomic E-state index is 12.0. The first-order chi connectivity index (χ1) is 9.16. The molecule has 1 aliphatic heterocycles. The number of amides is 3. The number of hydrogen-bond acceptors (Lipinski definition) is 2. The SMILES string of the molecule is CC(=O)N1CCN(C(=O)NCC2CCCCC2)CC1. The van der Waals surface area contributed by atoms with Crippen molar-refractivity contribution in [2.75, 3.05) is 32.7 Å². The molecule has 1 saturated carbocycles. The standard InChI is InChI=1S/C14H25N3O2/c1-12(18)16-7-9-17(10-8-16)14(19)15-11-13-5-3-2-4-6-13/h13H,2-11H2,1H3,(H,15,19). The average Bonchev–Trinajstić information content (AvgIpc) is 2.46. The van der Waals surface area contributed by atoms with E-state index in [-0.39, 0.29) is 11.9 Å². The van der Waals surface area contributed by atoms with Gasteiger partial charge >= 0.3 is 6.03 Å². The summed E-state index contributed by atoms with van der Waals surface area (Å²) >= 11 is 0. The molecular weight excluding hydrogens is 242 g/mol. The monoisotopic (exact) mass is 267 g/mol. The van der Waals surface area contributed by atoms with Crippen LogP contribution in [0.15, 0.2) is 0 Å². The van der Waals surface area contributed by atoms with Gasteiger partial charge in [-0.2, -0.15) is 0 Å². The van der Waals surface area contributed by atoms with Crippen LogP contribution in [0.25, 0.3) is 0 Å². The zero-order chi connectivity index (χ0) is 13.7. The fraction of sp³-hybridized carbons (Fsp3) is 0.857. The third-order valence-corrected chi connectivity index (χ3v) is 4.28. The van der Waals surface area contributed by atoms with Crippen molar-refractivity contribution in [3.63, 3.8) is 0 Å². The van der Waals surface area contributed by atoms with Gasteiger partial charge in [0.1, 0.15) is 0 Å². The fourth-order valence-electron chi connectivity index (χ4n) is 2.96. The molecule has 0 aromatic rings. The Morgan fingerprint density at radius 3 is 2.16 bits per heavy atom. The van der Waals surface area contributed by atoms with Crippen LogP contribution >= 0.6 is 0 Å². The molecule has 0 unspecified atom stereocenters. The van der Waals surface area contributed by atoms with Crippen molar-refractivity contribution in [2.45, 2.75) is 39.0 Å². The average molecular weight is 267 g/mol. The predicted octanol–water partition coefficient (Wildman–Crippen LogP) is 1.44. The molecule has 0 aromatic heterocycles. The van der Waals surface area contributed by atoms with E-state index in [1.54, 1.807) is 11.8 Å². The zero-order valence-electron chi connectivity index (χ0n) is 11.9. The van der Waals surface area contributed by atoms with Gasteiger partial charge in [0.2, 0.25) is 5.91 Å². The lowest BCUT2D eigenvalue weighted by atomic mass is 9.89. The van der Waals surface area contributed by atoms with Crippen molar-refractivity contribution in [1.29, 1.82) is 0 Å². The quantitative estimate of drug-likeness (QED) is 0.823. The number of carbonyl (C=O) groups is 2. The molecule has 2 rings (SSSR count). The summed E-state index contributed by atoms with van der Waals surface area (Å²) in [5, 5.41) is 3.05. The largest absolute Gasteiger partial charge is 0.339 e. The van der Waals surface area contributed by atoms with E-state index in [1.165, 1.54) is 32.1 Å². The molecule has 5 nitrogen and oxygen atoms in total. The highest BCUT2D eigenvalue weighted by molar-refractivity contribution is 5.76. The molecule has 3 amide bonds. The van der Waals surface area contributed by atoms with Crippen molar-refractivity contribution in [3.05, 3.63) is 0 Å². The Bertz CT molecular complexity index is 319. The summed E-state index contributed by atoms with van der Waals surface area (Å²) in [5.41, 5.74) is 0. The molecule has 0 aromatic carbocycles. The van der Waals surface area contributed by atoms with Gasteiger partial charge in [0.25, 0.3) is 0 Å². The molecule has 0 atom stereocenters. The first kappa shape index (κ1) is 14.2. The van der Waals surface area contributed by atoms with Crippen molar-refractivity contribution in [3.8, 4) is 0 Å². The lowest BCUT2D eigenvalue weighted by Gasteiger charge is -2.34. The third kappa shape index (κ3) is 4.11. The molecular formula is C14H25N3O2. The van der Waals surface area contributed by atoms with Crippen molar-refractivity contribution < 1.29 is 9.59 Å². The minimum atomic E-state index is 0.0359. The van der Waals surface area contributed by atoms with Crippen LogP contribution in [-0.4, -0.2) is 54.5 Å². The Morgan fingerprint density at radius 1 is 1.00 bits per heavy atom. The number of rotatable bonds is 2. The van der Waals surface area contributed by atoms with Crippen molar-refractivity contribution >= 4 is 11.9 Å². The first-order valence-corrected chi connectivity index (χ1v) is 7.45. The Hall–Kier alpha value is -1.26. The van der Waals surface area contributed by atoms with E-state index in [4.69, 9.17) is 0 Å². The summed E-state index contributed by atoms with van der Waals surface area (Å²) in [4.78, 5) is 26.9. The van der Waals surface area contributed by atoms with Crippen molar-refractivity contribution in [1.82, 2.24) is 15.1 Å². The lowest BCUT2D eigenvalue weighted by molar-refractivity contribution is -0.130. The van der Waals surface area contributed by atoms with Gasteiger partial charge < -0.3 is 15.1 Å². The summed E-state index contributed by atoms with van der Waals surface area (Å²) in [6, 6.07) is 0.0359. The fourth-order valence-corrected chi connectivity index (χ4v) is 2.96. The van der Waals surface area contributed by atoms with Gasteiger partial charge in [-0.1, -0.05) is 19.3 Å². The van der Waals surface area contributed by atoms with Crippen LogP contribution in [0.3, 0.4) is 0 Å². The Labute approximate surface area is 115 Å². The first-order valence-electron chi connectivity index (χ1n) is 7.45. The van der Waals surface area contributed by atoms with E-state index in [0.29, 0.717) is 32.1 Å². The number of piperazine rings is 1. The molecule has 0 spiro atoms. The van der Waals surface area contributed by atoms with E-state index in [9.17, 15) is 9.59 Å². The van der Waals surface area contributed by atoms with E-state index in [2.05, 4.69) is 5.32 Å². The van der Waals surface area contributed by atoms with Crippen LogP contribution in [0.2, 0.25) is 0 Å². The van der Waals surface area contributed by atoms with Crippen LogP contribution in [0.1, 0.15) is 39.0 Å². The highest BCUT2D eigenvalue weighted by Gasteiger charge is 2.23. The minimum Gasteiger partial charge on any atom is -0.339 e. The molecule has 0 bridgehead atoms. The Kier molecular flexibility index (Phi) is 5.05. The van der Waals surface area contributed by atoms with Gasteiger partial charge in [-0.15, -0.1) is 0 Å². The molecule has 2 aliphatic rings. The van der Waals surface area contributed by atoms with Gasteiger partial charge in [0, 0.05) is 39.6 Å². The number of urea groups is 1. The number of nitrogens with zero attached hydrogens (tertiary/aromatic N) is 2. The van der Waals surface area contributed by atoms with E-state index in [0.717, 1.165) is 6.54 Å². The third-order valence-electron chi connectivity index (χ3n) is 4.28. The van der Waals surface area contributed by atoms with Crippen molar-refractivity contribution in [2.24, 2.45) is 5.92 Å². The molecule has 0 radical (unpaired) electrons. The van der Waals surface area contributed by atoms with Crippen LogP contribution < -0.4 is 5.32 Å². The second kappa shape index (κ2) is 6.78. The summed E-state index contributed by atoms with van der Waals surface area (Å²) < 4.78 is 0. The Morgan fingerprint density at radius 2 is 1.58 bits per heavy atom. The summed E-state index contributed by atoms with van der Waals surface area (Å²) in [6.07, 6.45) is 6.45. The van der Waals surface area contributed by atoms with Crippen LogP contribution in [0.5, 0.6) is 0 Å². The Balaban J connectivity index is 1.67. The molecule has 1 saturated heterocycles. The van der Waals surface area contributed by atoms with Crippen LogP contribution in [0, 0.1) is 5.92 Å². The number of hydrogen-bond donors (Lipinski definition) is 1. The van der Waals surface area contributed by atoms with E-state index < -0.39 is 0 Å². The zero-order valence-corrected chi connectivity index (χ0v) is 11.9. The van der Waals surface area contributed by atoms with E-state index in [1.807, 2.05) is 4.90 Å². The summed E-state index contributed by atoms with van der Waals surface area (Å²) in [5.74, 6) is 0.762. The summed E-state index contributed by atoms with van der Waals surface area (Å²) in [6.45, 7) is 5.01. The maximum Gasteiger partial charge on any atom is 0.317 e. The molecule has 1 aliphatic carbocycles. The van der Waals surface area contributed by atoms with Gasteiger partial charge in [-0.25, -0.2) is 4.79 Å². The molecule has 1 heterocycles. The van der Waals surface area contributed by atoms with Gasteiger partial charge in [0.15, 0.2) is 0 Å². The minimum absolute atomic E-state index is 0.0359. The van der Waals surface area contributed by atoms with Crippen LogP contribution in [-0.2, 0) is 4.79 Å². The van der Waals surface area contributed by atoms with Gasteiger partial charge in [-0.05, 0) is 18.8 Å². The molecule has 1 N–H and O–H groups in total. The number of nitrogens with one attached hydrogen (secondary N) is 1. The second-order valence-corrected chi connectivity index (χ2v) is 5.68. The lowest BCUT2D eigenvalue weighted by Crippen LogP contribution is -2.53. The predicted molar refractivity (Wildman–Crippen MR) is 73.8 cm³/mol. The van der Waals surface area contributed by atoms with Gasteiger partial charge in [-0.3, -0.25) is 4.79 Å². The number of carbonyl (C=O) groups excluding carboxylic acids is 2. The second-order valence-electron chi connectivity index (χ2n) is 5.68. The highest BCUT2D eigenvalue weighted by Crippen LogP contribution is 2.22. The maximum absolute atomic E-state index is 12.0. The van der Waals surface area contributed by atoms with Gasteiger partial charge in [0.05, 0.1) is 0 Å². The van der Waals surface area contributed by atoms with E-state index >= 15 is 0 Å².